The molecule has 0 unspecified atom stereocenters. The minimum Gasteiger partial charge on any atom is -0.378 e. The Balaban J connectivity index is 1.77. The maximum absolute atomic E-state index is 4.40. The van der Waals surface area contributed by atoms with Gasteiger partial charge >= 0.3 is 0 Å². The van der Waals surface area contributed by atoms with Crippen molar-refractivity contribution in [3.63, 3.8) is 0 Å². The second-order valence-electron chi connectivity index (χ2n) is 6.22. The maximum atomic E-state index is 4.40. The molecule has 0 spiro atoms. The van der Waals surface area contributed by atoms with Gasteiger partial charge in [-0.05, 0) is 39.3 Å². The van der Waals surface area contributed by atoms with Gasteiger partial charge in [0.1, 0.15) is 11.3 Å². The molecular weight excluding hydrogens is 264 g/mol. The number of hydrogen-bond acceptors (Lipinski definition) is 4. The fourth-order valence-electron chi connectivity index (χ4n) is 2.21. The fourth-order valence-corrected chi connectivity index (χ4v) is 2.21. The van der Waals surface area contributed by atoms with E-state index in [1.165, 1.54) is 5.56 Å². The zero-order chi connectivity index (χ0) is 15.0. The average molecular weight is 284 g/mol. The van der Waals surface area contributed by atoms with Crippen LogP contribution in [0.4, 0.5) is 5.69 Å². The van der Waals surface area contributed by atoms with E-state index < -0.39 is 0 Å². The quantitative estimate of drug-likeness (QED) is 0.776. The van der Waals surface area contributed by atoms with Crippen molar-refractivity contribution < 1.29 is 0 Å². The summed E-state index contributed by atoms with van der Waals surface area (Å²) in [5.74, 6) is 0. The summed E-state index contributed by atoms with van der Waals surface area (Å²) < 4.78 is 1.88. The summed E-state index contributed by atoms with van der Waals surface area (Å²) in [6.45, 7) is 9.03. The van der Waals surface area contributed by atoms with Crippen LogP contribution in [0.5, 0.6) is 0 Å². The van der Waals surface area contributed by atoms with Crippen LogP contribution >= 0.6 is 0 Å². The number of H-pyrrole nitrogens is 1. The molecule has 0 bridgehead atoms. The number of rotatable bonds is 3. The number of aromatic amines is 1. The highest BCUT2D eigenvalue weighted by Gasteiger charge is 2.15. The minimum absolute atomic E-state index is 0.0489. The summed E-state index contributed by atoms with van der Waals surface area (Å²) >= 11 is 0. The number of hydrogen-bond donors (Lipinski definition) is 2. The van der Waals surface area contributed by atoms with Crippen LogP contribution in [0.15, 0.2) is 24.7 Å². The second-order valence-corrected chi connectivity index (χ2v) is 6.22. The molecule has 3 rings (SSSR count). The van der Waals surface area contributed by atoms with E-state index in [9.17, 15) is 0 Å². The van der Waals surface area contributed by atoms with Crippen LogP contribution in [0, 0.1) is 6.92 Å². The zero-order valence-corrected chi connectivity index (χ0v) is 12.8. The Hall–Kier alpha value is -2.37. The molecule has 110 valence electrons. The Labute approximate surface area is 123 Å². The van der Waals surface area contributed by atoms with Crippen LogP contribution in [-0.4, -0.2) is 25.0 Å². The summed E-state index contributed by atoms with van der Waals surface area (Å²) in [7, 11) is 0. The van der Waals surface area contributed by atoms with Gasteiger partial charge in [0, 0.05) is 11.6 Å². The number of pyridine rings is 1. The standard InChI is InChI=1S/C15H20N6/c1-10-12-5-6-16-14(12)18-8-13(10)17-7-11-9-21(20-19-11)15(2,3)4/h5-6,8-9,17H,7H2,1-4H3,(H,16,18). The maximum Gasteiger partial charge on any atom is 0.137 e. The number of fused-ring (bicyclic) bond motifs is 1. The number of nitrogens with zero attached hydrogens (tertiary/aromatic N) is 4. The first-order valence-corrected chi connectivity index (χ1v) is 7.03. The second kappa shape index (κ2) is 4.87. The normalized spacial score (nSPS) is 12.0. The van der Waals surface area contributed by atoms with E-state index in [0.717, 1.165) is 22.4 Å². The molecule has 3 aromatic rings. The SMILES string of the molecule is Cc1c(NCc2cn(C(C)(C)C)nn2)cnc2[nH]ccc12. The Morgan fingerprint density at radius 3 is 2.86 bits per heavy atom. The molecule has 0 amide bonds. The van der Waals surface area contributed by atoms with Crippen molar-refractivity contribution in [2.75, 3.05) is 5.32 Å². The van der Waals surface area contributed by atoms with E-state index in [4.69, 9.17) is 0 Å². The van der Waals surface area contributed by atoms with Gasteiger partial charge in [-0.2, -0.15) is 0 Å². The predicted octanol–water partition coefficient (Wildman–Crippen LogP) is 2.83. The molecule has 0 aliphatic rings. The van der Waals surface area contributed by atoms with Gasteiger partial charge in [-0.3, -0.25) is 0 Å². The lowest BCUT2D eigenvalue weighted by atomic mass is 10.1. The molecule has 0 atom stereocenters. The zero-order valence-electron chi connectivity index (χ0n) is 12.8. The number of anilines is 1. The highest BCUT2D eigenvalue weighted by molar-refractivity contribution is 5.83. The van der Waals surface area contributed by atoms with Gasteiger partial charge in [0.05, 0.1) is 30.2 Å². The van der Waals surface area contributed by atoms with Gasteiger partial charge in [-0.25, -0.2) is 9.67 Å². The number of aryl methyl sites for hydroxylation is 1. The van der Waals surface area contributed by atoms with Crippen molar-refractivity contribution in [1.29, 1.82) is 0 Å². The molecule has 0 aliphatic heterocycles. The van der Waals surface area contributed by atoms with Gasteiger partial charge in [0.2, 0.25) is 0 Å². The largest absolute Gasteiger partial charge is 0.378 e. The predicted molar refractivity (Wildman–Crippen MR) is 83.2 cm³/mol. The molecule has 0 saturated heterocycles. The Bertz CT molecular complexity index is 762. The van der Waals surface area contributed by atoms with Crippen molar-refractivity contribution in [2.24, 2.45) is 0 Å². The lowest BCUT2D eigenvalue weighted by molar-refractivity contribution is 0.347. The molecule has 6 heteroatoms. The van der Waals surface area contributed by atoms with Gasteiger partial charge in [0.25, 0.3) is 0 Å². The molecule has 3 aromatic heterocycles. The van der Waals surface area contributed by atoms with Crippen molar-refractivity contribution >= 4 is 16.7 Å². The van der Waals surface area contributed by atoms with E-state index in [1.54, 1.807) is 0 Å². The van der Waals surface area contributed by atoms with Crippen molar-refractivity contribution in [3.05, 3.63) is 35.9 Å². The van der Waals surface area contributed by atoms with Crippen molar-refractivity contribution in [3.8, 4) is 0 Å². The lowest BCUT2D eigenvalue weighted by Crippen LogP contribution is -2.22. The molecular formula is C15H20N6. The van der Waals surface area contributed by atoms with Crippen LogP contribution in [0.2, 0.25) is 0 Å². The molecule has 0 saturated carbocycles. The highest BCUT2D eigenvalue weighted by atomic mass is 15.4. The summed E-state index contributed by atoms with van der Waals surface area (Å²) in [4.78, 5) is 7.52. The van der Waals surface area contributed by atoms with Crippen LogP contribution in [-0.2, 0) is 12.1 Å². The van der Waals surface area contributed by atoms with Crippen LogP contribution in [0.1, 0.15) is 32.0 Å². The third-order valence-corrected chi connectivity index (χ3v) is 3.54. The van der Waals surface area contributed by atoms with E-state index in [-0.39, 0.29) is 5.54 Å². The third-order valence-electron chi connectivity index (χ3n) is 3.54. The summed E-state index contributed by atoms with van der Waals surface area (Å²) in [6, 6.07) is 2.04. The first-order chi connectivity index (χ1) is 9.95. The van der Waals surface area contributed by atoms with Crippen molar-refractivity contribution in [1.82, 2.24) is 25.0 Å². The highest BCUT2D eigenvalue weighted by Crippen LogP contribution is 2.22. The first kappa shape index (κ1) is 13.6. The minimum atomic E-state index is -0.0489. The Kier molecular flexibility index (Phi) is 3.16. The van der Waals surface area contributed by atoms with E-state index >= 15 is 0 Å². The van der Waals surface area contributed by atoms with Gasteiger partial charge in [-0.15, -0.1) is 5.10 Å². The van der Waals surface area contributed by atoms with Gasteiger partial charge < -0.3 is 10.3 Å². The number of nitrogens with one attached hydrogen (secondary N) is 2. The molecule has 6 nitrogen and oxygen atoms in total. The molecule has 21 heavy (non-hydrogen) atoms. The molecule has 3 heterocycles. The molecule has 2 N–H and O–H groups in total. The van der Waals surface area contributed by atoms with E-state index in [0.29, 0.717) is 6.54 Å². The van der Waals surface area contributed by atoms with Gasteiger partial charge in [0.15, 0.2) is 0 Å². The molecule has 0 radical (unpaired) electrons. The Morgan fingerprint density at radius 2 is 2.14 bits per heavy atom. The van der Waals surface area contributed by atoms with Crippen molar-refractivity contribution in [2.45, 2.75) is 39.8 Å². The molecule has 0 fully saturated rings. The third kappa shape index (κ3) is 2.61. The molecule has 0 aromatic carbocycles. The fraction of sp³-hybridized carbons (Fsp3) is 0.400. The summed E-state index contributed by atoms with van der Waals surface area (Å²) in [6.07, 6.45) is 5.73. The lowest BCUT2D eigenvalue weighted by Gasteiger charge is -2.17. The summed E-state index contributed by atoms with van der Waals surface area (Å²) in [5.41, 5.74) is 3.99. The van der Waals surface area contributed by atoms with Crippen LogP contribution in [0.3, 0.4) is 0 Å². The smallest absolute Gasteiger partial charge is 0.137 e. The first-order valence-electron chi connectivity index (χ1n) is 7.03. The summed E-state index contributed by atoms with van der Waals surface area (Å²) in [5, 5.41) is 12.9. The van der Waals surface area contributed by atoms with E-state index in [2.05, 4.69) is 53.3 Å². The number of aromatic nitrogens is 5. The Morgan fingerprint density at radius 1 is 1.33 bits per heavy atom. The van der Waals surface area contributed by atoms with Crippen LogP contribution in [0.25, 0.3) is 11.0 Å². The van der Waals surface area contributed by atoms with Crippen LogP contribution < -0.4 is 5.32 Å². The van der Waals surface area contributed by atoms with Gasteiger partial charge in [-0.1, -0.05) is 5.21 Å². The van der Waals surface area contributed by atoms with E-state index in [1.807, 2.05) is 29.3 Å². The molecule has 0 aliphatic carbocycles. The topological polar surface area (TPSA) is 71.4 Å². The average Bonchev–Trinajstić information content (AvgIpc) is 3.06. The monoisotopic (exact) mass is 284 g/mol.